The van der Waals surface area contributed by atoms with Crippen LogP contribution in [0.15, 0.2) is 29.2 Å². The van der Waals surface area contributed by atoms with E-state index in [1.165, 1.54) is 0 Å². The van der Waals surface area contributed by atoms with Crippen molar-refractivity contribution in [1.29, 1.82) is 0 Å². The Morgan fingerprint density at radius 1 is 1.17 bits per heavy atom. The molecule has 0 fully saturated rings. The quantitative estimate of drug-likeness (QED) is 0.858. The fourth-order valence-electron chi connectivity index (χ4n) is 1.45. The Morgan fingerprint density at radius 2 is 1.72 bits per heavy atom. The average Bonchev–Trinajstić information content (AvgIpc) is 2.27. The zero-order valence-electron chi connectivity index (χ0n) is 11.2. The molecule has 3 N–H and O–H groups in total. The summed E-state index contributed by atoms with van der Waals surface area (Å²) in [5.41, 5.74) is 6.51. The summed E-state index contributed by atoms with van der Waals surface area (Å²) in [5, 5.41) is 0. The van der Waals surface area contributed by atoms with E-state index in [1.54, 1.807) is 24.3 Å². The van der Waals surface area contributed by atoms with E-state index in [-0.39, 0.29) is 10.3 Å². The minimum absolute atomic E-state index is 0.117. The molecule has 0 aliphatic rings. The molecule has 0 saturated carbocycles. The lowest BCUT2D eigenvalue weighted by Crippen LogP contribution is -2.27. The van der Waals surface area contributed by atoms with E-state index in [9.17, 15) is 8.42 Å². The Bertz CT molecular complexity index is 473. The van der Waals surface area contributed by atoms with Gasteiger partial charge in [0.1, 0.15) is 0 Å². The van der Waals surface area contributed by atoms with Crippen LogP contribution >= 0.6 is 0 Å². The van der Waals surface area contributed by atoms with Crippen LogP contribution in [-0.4, -0.2) is 15.0 Å². The molecule has 1 aromatic rings. The number of rotatable bonds is 5. The zero-order chi connectivity index (χ0) is 13.8. The van der Waals surface area contributed by atoms with Gasteiger partial charge in [-0.05, 0) is 29.5 Å². The zero-order valence-corrected chi connectivity index (χ0v) is 12.0. The van der Waals surface area contributed by atoms with E-state index >= 15 is 0 Å². The highest BCUT2D eigenvalue weighted by molar-refractivity contribution is 7.89. The maximum Gasteiger partial charge on any atom is 0.240 e. The van der Waals surface area contributed by atoms with Crippen LogP contribution in [0.5, 0.6) is 0 Å². The molecule has 0 atom stereocenters. The summed E-state index contributed by atoms with van der Waals surface area (Å²) in [5.74, 6) is 0. The summed E-state index contributed by atoms with van der Waals surface area (Å²) in [7, 11) is -3.40. The molecule has 5 heteroatoms. The van der Waals surface area contributed by atoms with Gasteiger partial charge in [-0.15, -0.1) is 0 Å². The van der Waals surface area contributed by atoms with Crippen molar-refractivity contribution in [3.05, 3.63) is 29.8 Å². The highest BCUT2D eigenvalue weighted by atomic mass is 32.2. The second kappa shape index (κ2) is 5.82. The average molecular weight is 270 g/mol. The summed E-state index contributed by atoms with van der Waals surface area (Å²) in [4.78, 5) is 0.286. The predicted octanol–water partition coefficient (Wildman–Crippen LogP) is 1.86. The van der Waals surface area contributed by atoms with Crippen LogP contribution in [0.25, 0.3) is 0 Å². The highest BCUT2D eigenvalue weighted by Crippen LogP contribution is 2.18. The van der Waals surface area contributed by atoms with E-state index in [0.717, 1.165) is 12.0 Å². The van der Waals surface area contributed by atoms with Crippen LogP contribution in [0.4, 0.5) is 0 Å². The molecule has 1 aromatic carbocycles. The lowest BCUT2D eigenvalue weighted by atomic mass is 9.93. The second-order valence-electron chi connectivity index (χ2n) is 5.56. The monoisotopic (exact) mass is 270 g/mol. The number of nitrogens with two attached hydrogens (primary N) is 1. The van der Waals surface area contributed by atoms with Crippen LogP contribution < -0.4 is 10.5 Å². The summed E-state index contributed by atoms with van der Waals surface area (Å²) in [6.45, 7) is 7.11. The number of hydrogen-bond acceptors (Lipinski definition) is 3. The largest absolute Gasteiger partial charge is 0.326 e. The van der Waals surface area contributed by atoms with Gasteiger partial charge in [0, 0.05) is 13.1 Å². The van der Waals surface area contributed by atoms with Crippen LogP contribution in [0.3, 0.4) is 0 Å². The molecule has 0 aliphatic carbocycles. The maximum absolute atomic E-state index is 12.0. The van der Waals surface area contributed by atoms with Gasteiger partial charge in [-0.25, -0.2) is 13.1 Å². The number of benzene rings is 1. The Balaban J connectivity index is 2.68. The molecule has 0 bridgehead atoms. The van der Waals surface area contributed by atoms with Gasteiger partial charge in [0.25, 0.3) is 0 Å². The molecule has 4 nitrogen and oxygen atoms in total. The van der Waals surface area contributed by atoms with Crippen molar-refractivity contribution in [2.45, 2.75) is 38.6 Å². The predicted molar refractivity (Wildman–Crippen MR) is 73.6 cm³/mol. The van der Waals surface area contributed by atoms with Crippen LogP contribution in [0.1, 0.15) is 32.8 Å². The first-order valence-electron chi connectivity index (χ1n) is 6.03. The number of hydrogen-bond donors (Lipinski definition) is 2. The molecule has 18 heavy (non-hydrogen) atoms. The van der Waals surface area contributed by atoms with Gasteiger partial charge in [-0.2, -0.15) is 0 Å². The number of nitrogens with one attached hydrogen (secondary N) is 1. The van der Waals surface area contributed by atoms with Gasteiger partial charge in [0.05, 0.1) is 4.90 Å². The van der Waals surface area contributed by atoms with Crippen molar-refractivity contribution < 1.29 is 8.42 Å². The minimum atomic E-state index is -3.40. The van der Waals surface area contributed by atoms with Gasteiger partial charge in [0.2, 0.25) is 10.0 Å². The molecule has 0 aliphatic heterocycles. The third-order valence-corrected chi connectivity index (χ3v) is 4.11. The fraction of sp³-hybridized carbons (Fsp3) is 0.538. The molecule has 0 amide bonds. The molecule has 0 radical (unpaired) electrons. The van der Waals surface area contributed by atoms with E-state index in [1.807, 2.05) is 0 Å². The Morgan fingerprint density at radius 3 is 2.17 bits per heavy atom. The standard InChI is InChI=1S/C13H22N2O2S/c1-13(2,3)8-9-15-18(16,17)12-6-4-11(10-14)5-7-12/h4-7,15H,8-10,14H2,1-3H3. The normalized spacial score (nSPS) is 12.7. The molecule has 0 saturated heterocycles. The lowest BCUT2D eigenvalue weighted by molar-refractivity contribution is 0.378. The topological polar surface area (TPSA) is 72.2 Å². The van der Waals surface area contributed by atoms with Crippen molar-refractivity contribution in [2.24, 2.45) is 11.1 Å². The van der Waals surface area contributed by atoms with Crippen molar-refractivity contribution in [1.82, 2.24) is 4.72 Å². The molecule has 1 rings (SSSR count). The summed E-state index contributed by atoms with van der Waals surface area (Å²) in [6, 6.07) is 6.64. The smallest absolute Gasteiger partial charge is 0.240 e. The first kappa shape index (κ1) is 15.1. The second-order valence-corrected chi connectivity index (χ2v) is 7.32. The van der Waals surface area contributed by atoms with Crippen LogP contribution in [0, 0.1) is 5.41 Å². The van der Waals surface area contributed by atoms with Gasteiger partial charge in [0.15, 0.2) is 0 Å². The molecule has 0 spiro atoms. The summed E-state index contributed by atoms with van der Waals surface area (Å²) >= 11 is 0. The maximum atomic E-state index is 12.0. The van der Waals surface area contributed by atoms with E-state index in [4.69, 9.17) is 5.73 Å². The Labute approximate surface area is 110 Å². The third-order valence-electron chi connectivity index (χ3n) is 2.64. The van der Waals surface area contributed by atoms with Crippen molar-refractivity contribution in [2.75, 3.05) is 6.54 Å². The van der Waals surface area contributed by atoms with E-state index < -0.39 is 10.0 Å². The number of sulfonamides is 1. The van der Waals surface area contributed by atoms with Gasteiger partial charge in [-0.1, -0.05) is 32.9 Å². The van der Waals surface area contributed by atoms with Crippen LogP contribution in [-0.2, 0) is 16.6 Å². The van der Waals surface area contributed by atoms with E-state index in [2.05, 4.69) is 25.5 Å². The third kappa shape index (κ3) is 4.76. The van der Waals surface area contributed by atoms with Crippen molar-refractivity contribution in [3.8, 4) is 0 Å². The molecule has 102 valence electrons. The first-order valence-corrected chi connectivity index (χ1v) is 7.52. The van der Waals surface area contributed by atoms with Gasteiger partial charge in [-0.3, -0.25) is 0 Å². The Kier molecular flexibility index (Phi) is 4.90. The van der Waals surface area contributed by atoms with E-state index in [0.29, 0.717) is 13.1 Å². The molecule has 0 unspecified atom stereocenters. The highest BCUT2D eigenvalue weighted by Gasteiger charge is 2.15. The molecular formula is C13H22N2O2S. The SMILES string of the molecule is CC(C)(C)CCNS(=O)(=O)c1ccc(CN)cc1. The molecule has 0 heterocycles. The van der Waals surface area contributed by atoms with Crippen LogP contribution in [0.2, 0.25) is 0 Å². The van der Waals surface area contributed by atoms with Crippen molar-refractivity contribution in [3.63, 3.8) is 0 Å². The summed E-state index contributed by atoms with van der Waals surface area (Å²) in [6.07, 6.45) is 0.799. The minimum Gasteiger partial charge on any atom is -0.326 e. The molecular weight excluding hydrogens is 248 g/mol. The van der Waals surface area contributed by atoms with Gasteiger partial charge >= 0.3 is 0 Å². The van der Waals surface area contributed by atoms with Gasteiger partial charge < -0.3 is 5.73 Å². The Hall–Kier alpha value is -0.910. The fourth-order valence-corrected chi connectivity index (χ4v) is 2.48. The first-order chi connectivity index (χ1) is 8.24. The molecule has 0 aromatic heterocycles. The summed E-state index contributed by atoms with van der Waals surface area (Å²) < 4.78 is 26.6. The van der Waals surface area contributed by atoms with Crippen molar-refractivity contribution >= 4 is 10.0 Å². The lowest BCUT2D eigenvalue weighted by Gasteiger charge is -2.18.